The Morgan fingerprint density at radius 1 is 1.29 bits per heavy atom. The zero-order chi connectivity index (χ0) is 9.97. The molecule has 2 rings (SSSR count). The predicted molar refractivity (Wildman–Crippen MR) is 47.6 cm³/mol. The highest BCUT2D eigenvalue weighted by atomic mass is 16.3. The van der Waals surface area contributed by atoms with E-state index in [2.05, 4.69) is 20.3 Å². The Labute approximate surface area is 80.2 Å². The molecule has 0 aliphatic heterocycles. The normalized spacial score (nSPS) is 12.7. The quantitative estimate of drug-likeness (QED) is 0.729. The van der Waals surface area contributed by atoms with Crippen molar-refractivity contribution in [3.8, 4) is 5.69 Å². The minimum Gasteiger partial charge on any atom is -0.387 e. The molecular weight excluding hydrogens is 182 g/mol. The highest BCUT2D eigenvalue weighted by molar-refractivity contribution is 5.25. The zero-order valence-electron chi connectivity index (χ0n) is 7.57. The number of hydrogen-bond acceptors (Lipinski definition) is 5. The molecule has 0 amide bonds. The van der Waals surface area contributed by atoms with Crippen molar-refractivity contribution >= 4 is 0 Å². The van der Waals surface area contributed by atoms with E-state index in [-0.39, 0.29) is 0 Å². The second-order valence-electron chi connectivity index (χ2n) is 2.84. The molecular formula is C8H9N5O. The average molecular weight is 191 g/mol. The summed E-state index contributed by atoms with van der Waals surface area (Å²) in [6.07, 6.45) is 5.53. The lowest BCUT2D eigenvalue weighted by Gasteiger charge is -2.06. The second-order valence-corrected chi connectivity index (χ2v) is 2.84. The fourth-order valence-electron chi connectivity index (χ4n) is 1.13. The van der Waals surface area contributed by atoms with Crippen LogP contribution in [-0.4, -0.2) is 30.1 Å². The Morgan fingerprint density at radius 3 is 2.64 bits per heavy atom. The summed E-state index contributed by atoms with van der Waals surface area (Å²) in [6, 6.07) is 0. The van der Waals surface area contributed by atoms with E-state index in [0.717, 1.165) is 0 Å². The molecule has 0 radical (unpaired) electrons. The standard InChI is InChI=1S/C8H9N5O/c1-6(14)8-4-11-12-13(8)7-2-9-5-10-3-7/h2-6,14H,1H3/t6-/m1/s1. The molecule has 0 bridgehead atoms. The maximum atomic E-state index is 9.41. The van der Waals surface area contributed by atoms with Crippen molar-refractivity contribution in [2.24, 2.45) is 0 Å². The SMILES string of the molecule is C[C@@H](O)c1cnnn1-c1cncnc1. The third kappa shape index (κ3) is 1.47. The van der Waals surface area contributed by atoms with Crippen molar-refractivity contribution in [3.05, 3.63) is 30.6 Å². The van der Waals surface area contributed by atoms with Gasteiger partial charge in [0.05, 0.1) is 30.4 Å². The van der Waals surface area contributed by atoms with Gasteiger partial charge in [0, 0.05) is 0 Å². The van der Waals surface area contributed by atoms with E-state index in [1.807, 2.05) is 0 Å². The summed E-state index contributed by atoms with van der Waals surface area (Å²) < 4.78 is 1.50. The van der Waals surface area contributed by atoms with Crippen LogP contribution in [0.4, 0.5) is 0 Å². The number of aliphatic hydroxyl groups excluding tert-OH is 1. The third-order valence-electron chi connectivity index (χ3n) is 1.80. The Hall–Kier alpha value is -1.82. The van der Waals surface area contributed by atoms with Gasteiger partial charge in [0.25, 0.3) is 0 Å². The van der Waals surface area contributed by atoms with Gasteiger partial charge in [-0.05, 0) is 6.92 Å². The summed E-state index contributed by atoms with van der Waals surface area (Å²) in [5, 5.41) is 17.0. The van der Waals surface area contributed by atoms with E-state index in [9.17, 15) is 5.11 Å². The minimum absolute atomic E-state index is 0.611. The van der Waals surface area contributed by atoms with Crippen molar-refractivity contribution in [3.63, 3.8) is 0 Å². The monoisotopic (exact) mass is 191 g/mol. The molecule has 0 unspecified atom stereocenters. The molecule has 72 valence electrons. The fourth-order valence-corrected chi connectivity index (χ4v) is 1.13. The number of nitrogens with zero attached hydrogens (tertiary/aromatic N) is 5. The first kappa shape index (κ1) is 8.76. The Kier molecular flexibility index (Phi) is 2.19. The molecule has 14 heavy (non-hydrogen) atoms. The van der Waals surface area contributed by atoms with E-state index < -0.39 is 6.10 Å². The van der Waals surface area contributed by atoms with Gasteiger partial charge in [-0.2, -0.15) is 0 Å². The van der Waals surface area contributed by atoms with Crippen LogP contribution >= 0.6 is 0 Å². The molecule has 0 fully saturated rings. The average Bonchev–Trinajstić information content (AvgIpc) is 2.67. The van der Waals surface area contributed by atoms with Crippen LogP contribution in [0, 0.1) is 0 Å². The van der Waals surface area contributed by atoms with E-state index >= 15 is 0 Å². The fraction of sp³-hybridized carbons (Fsp3) is 0.250. The van der Waals surface area contributed by atoms with Gasteiger partial charge in [-0.25, -0.2) is 14.6 Å². The van der Waals surface area contributed by atoms with Crippen LogP contribution in [0.1, 0.15) is 18.7 Å². The van der Waals surface area contributed by atoms with Crippen LogP contribution in [0.5, 0.6) is 0 Å². The van der Waals surface area contributed by atoms with E-state index in [1.54, 1.807) is 19.3 Å². The van der Waals surface area contributed by atoms with E-state index in [0.29, 0.717) is 11.4 Å². The van der Waals surface area contributed by atoms with Crippen molar-refractivity contribution in [2.45, 2.75) is 13.0 Å². The predicted octanol–water partition coefficient (Wildman–Crippen LogP) is 0.111. The lowest BCUT2D eigenvalue weighted by molar-refractivity contribution is 0.191. The molecule has 0 saturated carbocycles. The van der Waals surface area contributed by atoms with Gasteiger partial charge < -0.3 is 5.11 Å². The van der Waals surface area contributed by atoms with E-state index in [4.69, 9.17) is 0 Å². The van der Waals surface area contributed by atoms with Crippen molar-refractivity contribution in [1.82, 2.24) is 25.0 Å². The smallest absolute Gasteiger partial charge is 0.115 e. The summed E-state index contributed by atoms with van der Waals surface area (Å²) in [5.41, 5.74) is 1.29. The molecule has 0 aliphatic rings. The maximum Gasteiger partial charge on any atom is 0.115 e. The lowest BCUT2D eigenvalue weighted by atomic mass is 10.3. The number of aromatic nitrogens is 5. The molecule has 6 nitrogen and oxygen atoms in total. The molecule has 2 aromatic rings. The Morgan fingerprint density at radius 2 is 2.00 bits per heavy atom. The summed E-state index contributed by atoms with van der Waals surface area (Å²) in [6.45, 7) is 1.65. The van der Waals surface area contributed by atoms with Crippen molar-refractivity contribution in [1.29, 1.82) is 0 Å². The molecule has 1 atom stereocenters. The Balaban J connectivity index is 2.47. The van der Waals surface area contributed by atoms with Gasteiger partial charge in [-0.15, -0.1) is 5.10 Å². The van der Waals surface area contributed by atoms with Gasteiger partial charge in [0.15, 0.2) is 0 Å². The van der Waals surface area contributed by atoms with Crippen LogP contribution < -0.4 is 0 Å². The van der Waals surface area contributed by atoms with Gasteiger partial charge in [0.1, 0.15) is 12.0 Å². The summed E-state index contributed by atoms with van der Waals surface area (Å²) in [7, 11) is 0. The first-order chi connectivity index (χ1) is 6.79. The van der Waals surface area contributed by atoms with Gasteiger partial charge in [-0.3, -0.25) is 0 Å². The summed E-state index contributed by atoms with van der Waals surface area (Å²) in [4.78, 5) is 7.72. The van der Waals surface area contributed by atoms with Gasteiger partial charge in [0.2, 0.25) is 0 Å². The van der Waals surface area contributed by atoms with Gasteiger partial charge in [-0.1, -0.05) is 5.21 Å². The van der Waals surface area contributed by atoms with Gasteiger partial charge >= 0.3 is 0 Å². The first-order valence-corrected chi connectivity index (χ1v) is 4.13. The highest BCUT2D eigenvalue weighted by Crippen LogP contribution is 2.13. The zero-order valence-corrected chi connectivity index (χ0v) is 7.57. The minimum atomic E-state index is -0.620. The summed E-state index contributed by atoms with van der Waals surface area (Å²) in [5.74, 6) is 0. The lowest BCUT2D eigenvalue weighted by Crippen LogP contribution is -2.05. The molecule has 2 heterocycles. The Bertz CT molecular complexity index is 411. The van der Waals surface area contributed by atoms with Crippen LogP contribution in [0.2, 0.25) is 0 Å². The molecule has 0 aromatic carbocycles. The maximum absolute atomic E-state index is 9.41. The van der Waals surface area contributed by atoms with Crippen LogP contribution in [-0.2, 0) is 0 Å². The largest absolute Gasteiger partial charge is 0.387 e. The van der Waals surface area contributed by atoms with Crippen molar-refractivity contribution < 1.29 is 5.11 Å². The number of rotatable bonds is 2. The number of aliphatic hydroxyl groups is 1. The molecule has 0 saturated heterocycles. The van der Waals surface area contributed by atoms with Crippen molar-refractivity contribution in [2.75, 3.05) is 0 Å². The first-order valence-electron chi connectivity index (χ1n) is 4.13. The molecule has 0 spiro atoms. The molecule has 2 aromatic heterocycles. The topological polar surface area (TPSA) is 76.7 Å². The molecule has 1 N–H and O–H groups in total. The third-order valence-corrected chi connectivity index (χ3v) is 1.80. The number of hydrogen-bond donors (Lipinski definition) is 1. The second kappa shape index (κ2) is 3.51. The highest BCUT2D eigenvalue weighted by Gasteiger charge is 2.10. The molecule has 0 aliphatic carbocycles. The summed E-state index contributed by atoms with van der Waals surface area (Å²) >= 11 is 0. The van der Waals surface area contributed by atoms with E-state index in [1.165, 1.54) is 17.2 Å². The molecule has 6 heteroatoms. The van der Waals surface area contributed by atoms with Crippen LogP contribution in [0.3, 0.4) is 0 Å². The van der Waals surface area contributed by atoms with Crippen LogP contribution in [0.15, 0.2) is 24.9 Å². The van der Waals surface area contributed by atoms with Crippen LogP contribution in [0.25, 0.3) is 5.69 Å².